The molecule has 2 N–H and O–H groups in total. The summed E-state index contributed by atoms with van der Waals surface area (Å²) in [5, 5.41) is 0. The summed E-state index contributed by atoms with van der Waals surface area (Å²) >= 11 is 0. The highest BCUT2D eigenvalue weighted by molar-refractivity contribution is 7.88. The molecule has 0 saturated carbocycles. The predicted octanol–water partition coefficient (Wildman–Crippen LogP) is 1.71. The van der Waals surface area contributed by atoms with Gasteiger partial charge in [-0.3, -0.25) is 0 Å². The van der Waals surface area contributed by atoms with Gasteiger partial charge in [0.05, 0.1) is 5.75 Å². The number of sulfonamides is 1. The molecule has 1 heterocycles. The second-order valence-corrected chi connectivity index (χ2v) is 7.34. The third kappa shape index (κ3) is 3.37. The highest BCUT2D eigenvalue weighted by atomic mass is 32.2. The Morgan fingerprint density at radius 2 is 2.20 bits per heavy atom. The fraction of sp³-hybridized carbons (Fsp3) is 0.571. The molecule has 1 aliphatic rings. The molecule has 0 amide bonds. The van der Waals surface area contributed by atoms with E-state index < -0.39 is 15.8 Å². The van der Waals surface area contributed by atoms with E-state index in [1.54, 1.807) is 6.07 Å². The maximum Gasteiger partial charge on any atom is 0.218 e. The first kappa shape index (κ1) is 15.4. The van der Waals surface area contributed by atoms with Crippen molar-refractivity contribution in [2.45, 2.75) is 31.6 Å². The van der Waals surface area contributed by atoms with E-state index in [-0.39, 0.29) is 17.7 Å². The van der Waals surface area contributed by atoms with Gasteiger partial charge in [0.2, 0.25) is 10.0 Å². The summed E-state index contributed by atoms with van der Waals surface area (Å²) in [5.74, 6) is -0.329. The monoisotopic (exact) mass is 300 g/mol. The van der Waals surface area contributed by atoms with Crippen LogP contribution in [0.5, 0.6) is 0 Å². The normalized spacial score (nSPS) is 24.8. The van der Waals surface area contributed by atoms with Crippen LogP contribution in [0.3, 0.4) is 0 Å². The van der Waals surface area contributed by atoms with Gasteiger partial charge in [-0.1, -0.05) is 19.1 Å². The number of nitrogens with zero attached hydrogens (tertiary/aromatic N) is 1. The van der Waals surface area contributed by atoms with Crippen molar-refractivity contribution in [3.05, 3.63) is 35.6 Å². The van der Waals surface area contributed by atoms with Gasteiger partial charge in [-0.05, 0) is 36.5 Å². The minimum atomic E-state index is -3.46. The van der Waals surface area contributed by atoms with Crippen LogP contribution in [0, 0.1) is 11.7 Å². The number of hydrogen-bond acceptors (Lipinski definition) is 3. The van der Waals surface area contributed by atoms with E-state index in [1.807, 2.05) is 6.92 Å². The molecule has 112 valence electrons. The molecule has 20 heavy (non-hydrogen) atoms. The molecule has 2 atom stereocenters. The molecule has 1 aromatic carbocycles. The third-order valence-electron chi connectivity index (χ3n) is 3.90. The van der Waals surface area contributed by atoms with Crippen molar-refractivity contribution in [3.63, 3.8) is 0 Å². The smallest absolute Gasteiger partial charge is 0.218 e. The quantitative estimate of drug-likeness (QED) is 0.921. The molecule has 0 aliphatic carbocycles. The first-order valence-corrected chi connectivity index (χ1v) is 8.49. The lowest BCUT2D eigenvalue weighted by Gasteiger charge is -2.38. The highest BCUT2D eigenvalue weighted by Gasteiger charge is 2.35. The molecule has 0 unspecified atom stereocenters. The lowest BCUT2D eigenvalue weighted by molar-refractivity contribution is 0.192. The Morgan fingerprint density at radius 3 is 2.85 bits per heavy atom. The van der Waals surface area contributed by atoms with Crippen molar-refractivity contribution in [2.24, 2.45) is 11.7 Å². The van der Waals surface area contributed by atoms with Crippen LogP contribution in [-0.4, -0.2) is 31.9 Å². The average Bonchev–Trinajstić information content (AvgIpc) is 2.38. The van der Waals surface area contributed by atoms with Crippen LogP contribution in [0.15, 0.2) is 24.3 Å². The fourth-order valence-electron chi connectivity index (χ4n) is 2.83. The zero-order chi connectivity index (χ0) is 14.8. The van der Waals surface area contributed by atoms with E-state index in [9.17, 15) is 12.8 Å². The Morgan fingerprint density at radius 1 is 1.45 bits per heavy atom. The van der Waals surface area contributed by atoms with E-state index >= 15 is 0 Å². The maximum absolute atomic E-state index is 13.2. The Bertz CT molecular complexity index is 562. The zero-order valence-corrected chi connectivity index (χ0v) is 12.4. The number of benzene rings is 1. The largest absolute Gasteiger partial charge is 0.329 e. The Labute approximate surface area is 119 Å². The molecular weight excluding hydrogens is 279 g/mol. The molecule has 0 spiro atoms. The second kappa shape index (κ2) is 6.20. The molecule has 1 fully saturated rings. The molecular formula is C14H21FN2O2S. The van der Waals surface area contributed by atoms with Gasteiger partial charge in [0.15, 0.2) is 0 Å². The lowest BCUT2D eigenvalue weighted by atomic mass is 9.93. The van der Waals surface area contributed by atoms with Crippen molar-refractivity contribution in [1.82, 2.24) is 4.31 Å². The standard InChI is InChI=1S/C14H21FN2O2S/c1-11-4-3-7-17(14(11)9-16)20(18,19)10-12-5-2-6-13(15)8-12/h2,5-6,8,11,14H,3-4,7,9-10,16H2,1H3/t11-,14-/m0/s1. The first-order valence-electron chi connectivity index (χ1n) is 6.88. The number of halogens is 1. The summed E-state index contributed by atoms with van der Waals surface area (Å²) < 4.78 is 39.7. The minimum Gasteiger partial charge on any atom is -0.329 e. The van der Waals surface area contributed by atoms with E-state index in [2.05, 4.69) is 0 Å². The highest BCUT2D eigenvalue weighted by Crippen LogP contribution is 2.26. The van der Waals surface area contributed by atoms with Crippen LogP contribution in [0.2, 0.25) is 0 Å². The van der Waals surface area contributed by atoms with Gasteiger partial charge in [0.1, 0.15) is 5.82 Å². The van der Waals surface area contributed by atoms with E-state index in [0.29, 0.717) is 18.7 Å². The van der Waals surface area contributed by atoms with Gasteiger partial charge in [-0.2, -0.15) is 4.31 Å². The zero-order valence-electron chi connectivity index (χ0n) is 11.6. The van der Waals surface area contributed by atoms with Crippen molar-refractivity contribution < 1.29 is 12.8 Å². The van der Waals surface area contributed by atoms with Gasteiger partial charge in [-0.25, -0.2) is 12.8 Å². The molecule has 1 aliphatic heterocycles. The van der Waals surface area contributed by atoms with E-state index in [1.165, 1.54) is 22.5 Å². The van der Waals surface area contributed by atoms with E-state index in [0.717, 1.165) is 12.8 Å². The van der Waals surface area contributed by atoms with Crippen LogP contribution >= 0.6 is 0 Å². The summed E-state index contributed by atoms with van der Waals surface area (Å²) in [6.45, 7) is 2.86. The van der Waals surface area contributed by atoms with Gasteiger partial charge >= 0.3 is 0 Å². The Kier molecular flexibility index (Phi) is 4.78. The second-order valence-electron chi connectivity index (χ2n) is 5.42. The molecule has 4 nitrogen and oxygen atoms in total. The maximum atomic E-state index is 13.2. The van der Waals surface area contributed by atoms with Crippen LogP contribution in [0.1, 0.15) is 25.3 Å². The van der Waals surface area contributed by atoms with Gasteiger partial charge in [-0.15, -0.1) is 0 Å². The summed E-state index contributed by atoms with van der Waals surface area (Å²) in [7, 11) is -3.46. The number of rotatable bonds is 4. The van der Waals surface area contributed by atoms with Crippen LogP contribution in [0.4, 0.5) is 4.39 Å². The topological polar surface area (TPSA) is 63.4 Å². The third-order valence-corrected chi connectivity index (χ3v) is 5.77. The summed E-state index contributed by atoms with van der Waals surface area (Å²) in [4.78, 5) is 0. The van der Waals surface area contributed by atoms with Gasteiger partial charge in [0.25, 0.3) is 0 Å². The summed E-state index contributed by atoms with van der Waals surface area (Å²) in [6, 6.07) is 5.58. The summed E-state index contributed by atoms with van der Waals surface area (Å²) in [6.07, 6.45) is 1.84. The molecule has 2 rings (SSSR count). The molecule has 1 saturated heterocycles. The molecule has 6 heteroatoms. The molecule has 1 aromatic rings. The van der Waals surface area contributed by atoms with Crippen LogP contribution < -0.4 is 5.73 Å². The van der Waals surface area contributed by atoms with Crippen molar-refractivity contribution in [1.29, 1.82) is 0 Å². The minimum absolute atomic E-state index is 0.151. The van der Waals surface area contributed by atoms with Crippen LogP contribution in [0.25, 0.3) is 0 Å². The molecule has 0 bridgehead atoms. The van der Waals surface area contributed by atoms with Crippen LogP contribution in [-0.2, 0) is 15.8 Å². The van der Waals surface area contributed by atoms with Gasteiger partial charge < -0.3 is 5.73 Å². The van der Waals surface area contributed by atoms with Crippen molar-refractivity contribution >= 4 is 10.0 Å². The molecule has 0 radical (unpaired) electrons. The fourth-order valence-corrected chi connectivity index (χ4v) is 4.71. The molecule has 0 aromatic heterocycles. The Hall–Kier alpha value is -0.980. The lowest BCUT2D eigenvalue weighted by Crippen LogP contribution is -2.51. The van der Waals surface area contributed by atoms with Crippen molar-refractivity contribution in [2.75, 3.05) is 13.1 Å². The number of nitrogens with two attached hydrogens (primary N) is 1. The number of hydrogen-bond donors (Lipinski definition) is 1. The van der Waals surface area contributed by atoms with Gasteiger partial charge in [0, 0.05) is 19.1 Å². The van der Waals surface area contributed by atoms with E-state index in [4.69, 9.17) is 5.73 Å². The van der Waals surface area contributed by atoms with Crippen molar-refractivity contribution in [3.8, 4) is 0 Å². The first-order chi connectivity index (χ1) is 9.44. The predicted molar refractivity (Wildman–Crippen MR) is 77.0 cm³/mol. The number of piperidine rings is 1. The Balaban J connectivity index is 2.21. The average molecular weight is 300 g/mol. The SMILES string of the molecule is C[C@H]1CCCN(S(=O)(=O)Cc2cccc(F)c2)[C@H]1CN. The summed E-state index contributed by atoms with van der Waals surface area (Å²) in [5.41, 5.74) is 6.20.